The normalized spacial score (nSPS) is 15.7. The minimum atomic E-state index is -0.691. The lowest BCUT2D eigenvalue weighted by molar-refractivity contribution is -0.143. The van der Waals surface area contributed by atoms with Crippen molar-refractivity contribution >= 4 is 46.6 Å². The van der Waals surface area contributed by atoms with Gasteiger partial charge in [0.15, 0.2) is 4.80 Å². The van der Waals surface area contributed by atoms with E-state index >= 15 is 0 Å². The number of aromatic nitrogens is 1. The highest BCUT2D eigenvalue weighted by molar-refractivity contribution is 7.07. The van der Waals surface area contributed by atoms with Crippen LogP contribution in [0.2, 0.25) is 10.0 Å². The van der Waals surface area contributed by atoms with Crippen LogP contribution in [0.4, 0.5) is 0 Å². The molecule has 0 fully saturated rings. The summed E-state index contributed by atoms with van der Waals surface area (Å²) in [6, 6.07) is 11.8. The second kappa shape index (κ2) is 10.4. The first-order chi connectivity index (χ1) is 16.7. The third-order valence-electron chi connectivity index (χ3n) is 5.33. The molecule has 0 bridgehead atoms. The predicted molar refractivity (Wildman–Crippen MR) is 139 cm³/mol. The van der Waals surface area contributed by atoms with E-state index in [4.69, 9.17) is 32.7 Å². The molecule has 1 aliphatic heterocycles. The molecule has 0 saturated carbocycles. The van der Waals surface area contributed by atoms with Crippen molar-refractivity contribution in [2.75, 3.05) is 6.61 Å². The van der Waals surface area contributed by atoms with Crippen molar-refractivity contribution in [1.82, 2.24) is 4.57 Å². The Bertz CT molecular complexity index is 1490. The maximum Gasteiger partial charge on any atom is 0.338 e. The van der Waals surface area contributed by atoms with Gasteiger partial charge in [0, 0.05) is 0 Å². The molecule has 0 amide bonds. The van der Waals surface area contributed by atoms with Crippen molar-refractivity contribution in [3.63, 3.8) is 0 Å². The fourth-order valence-corrected chi connectivity index (χ4v) is 5.20. The molecule has 4 rings (SSSR count). The maximum absolute atomic E-state index is 13.6. The van der Waals surface area contributed by atoms with E-state index in [1.54, 1.807) is 49.6 Å². The lowest BCUT2D eigenvalue weighted by Gasteiger charge is -2.25. The summed E-state index contributed by atoms with van der Waals surface area (Å²) in [5.41, 5.74) is 2.06. The van der Waals surface area contributed by atoms with E-state index in [0.29, 0.717) is 43.0 Å². The first-order valence-corrected chi connectivity index (χ1v) is 12.7. The van der Waals surface area contributed by atoms with Gasteiger partial charge in [-0.05, 0) is 69.2 Å². The molecule has 35 heavy (non-hydrogen) atoms. The highest BCUT2D eigenvalue weighted by Gasteiger charge is 2.33. The number of benzene rings is 2. The Morgan fingerprint density at radius 2 is 1.89 bits per heavy atom. The Balaban J connectivity index is 1.91. The largest absolute Gasteiger partial charge is 0.494 e. The average Bonchev–Trinajstić information content (AvgIpc) is 3.10. The number of thiazole rings is 1. The van der Waals surface area contributed by atoms with Crippen molar-refractivity contribution in [3.05, 3.63) is 94.6 Å². The number of fused-ring (bicyclic) bond motifs is 1. The van der Waals surface area contributed by atoms with Crippen LogP contribution in [0.3, 0.4) is 0 Å². The molecule has 1 aromatic heterocycles. The number of hydrogen-bond acceptors (Lipinski definition) is 6. The van der Waals surface area contributed by atoms with Gasteiger partial charge < -0.3 is 9.47 Å². The molecule has 0 spiro atoms. The van der Waals surface area contributed by atoms with E-state index in [1.165, 1.54) is 11.3 Å². The number of allylic oxidation sites excluding steroid dienone is 1. The van der Waals surface area contributed by atoms with E-state index in [1.807, 2.05) is 31.2 Å². The highest BCUT2D eigenvalue weighted by atomic mass is 35.5. The SMILES string of the molecule is CCOc1ccc(C2C(C(=O)OC(C)C)=C(C)N=c3s/c(=C\c4ccc(Cl)c(Cl)c4)c(=O)n32)cc1. The van der Waals surface area contributed by atoms with Gasteiger partial charge in [-0.3, -0.25) is 9.36 Å². The van der Waals surface area contributed by atoms with E-state index in [-0.39, 0.29) is 11.7 Å². The predicted octanol–water partition coefficient (Wildman–Crippen LogP) is 4.89. The summed E-state index contributed by atoms with van der Waals surface area (Å²) in [6.45, 7) is 7.77. The van der Waals surface area contributed by atoms with E-state index in [2.05, 4.69) is 4.99 Å². The van der Waals surface area contributed by atoms with Crippen molar-refractivity contribution in [2.45, 2.75) is 39.8 Å². The molecule has 9 heteroatoms. The number of esters is 1. The second-order valence-electron chi connectivity index (χ2n) is 8.21. The number of nitrogens with zero attached hydrogens (tertiary/aromatic N) is 2. The topological polar surface area (TPSA) is 69.9 Å². The van der Waals surface area contributed by atoms with Crippen molar-refractivity contribution < 1.29 is 14.3 Å². The summed E-state index contributed by atoms with van der Waals surface area (Å²) in [7, 11) is 0. The first kappa shape index (κ1) is 25.2. The molecule has 3 aromatic rings. The molecule has 0 aliphatic carbocycles. The van der Waals surface area contributed by atoms with Gasteiger partial charge in [-0.1, -0.05) is 52.7 Å². The molecule has 2 aromatic carbocycles. The Hall–Kier alpha value is -2.87. The fourth-order valence-electron chi connectivity index (χ4n) is 3.84. The first-order valence-electron chi connectivity index (χ1n) is 11.1. The molecule has 0 saturated heterocycles. The van der Waals surface area contributed by atoms with Crippen LogP contribution in [0.15, 0.2) is 63.5 Å². The number of hydrogen-bond donors (Lipinski definition) is 0. The van der Waals surface area contributed by atoms with Crippen LogP contribution in [0.5, 0.6) is 5.75 Å². The summed E-state index contributed by atoms with van der Waals surface area (Å²) in [6.07, 6.45) is 1.43. The van der Waals surface area contributed by atoms with Crippen molar-refractivity contribution in [3.8, 4) is 5.75 Å². The van der Waals surface area contributed by atoms with Crippen LogP contribution in [-0.4, -0.2) is 23.2 Å². The monoisotopic (exact) mass is 530 g/mol. The molecule has 182 valence electrons. The van der Waals surface area contributed by atoms with E-state index < -0.39 is 12.0 Å². The Labute approximate surface area is 216 Å². The molecular formula is C26H24Cl2N2O4S. The van der Waals surface area contributed by atoms with Gasteiger partial charge in [-0.15, -0.1) is 0 Å². The van der Waals surface area contributed by atoms with Crippen LogP contribution < -0.4 is 19.6 Å². The van der Waals surface area contributed by atoms with Gasteiger partial charge in [-0.2, -0.15) is 0 Å². The zero-order valence-corrected chi connectivity index (χ0v) is 22.0. The van der Waals surface area contributed by atoms with Crippen LogP contribution >= 0.6 is 34.5 Å². The summed E-state index contributed by atoms with van der Waals surface area (Å²) < 4.78 is 13.1. The standard InChI is InChI=1S/C26H24Cl2N2O4S/c1-5-33-18-9-7-17(8-10-18)23-22(25(32)34-14(2)3)15(4)29-26-30(23)24(31)21(35-26)13-16-6-11-19(27)20(28)12-16/h6-14,23H,5H2,1-4H3/b21-13-. The zero-order valence-electron chi connectivity index (χ0n) is 19.7. The molecule has 1 aliphatic rings. The molecule has 1 unspecified atom stereocenters. The Kier molecular flexibility index (Phi) is 7.50. The molecule has 6 nitrogen and oxygen atoms in total. The second-order valence-corrected chi connectivity index (χ2v) is 10.0. The summed E-state index contributed by atoms with van der Waals surface area (Å²) in [4.78, 5) is 31.9. The fraction of sp³-hybridized carbons (Fsp3) is 0.269. The Morgan fingerprint density at radius 1 is 1.17 bits per heavy atom. The van der Waals surface area contributed by atoms with Gasteiger partial charge in [0.2, 0.25) is 0 Å². The van der Waals surface area contributed by atoms with E-state index in [0.717, 1.165) is 11.1 Å². The van der Waals surface area contributed by atoms with Crippen LogP contribution in [0, 0.1) is 0 Å². The lowest BCUT2D eigenvalue weighted by atomic mass is 9.96. The third kappa shape index (κ3) is 5.22. The van der Waals surface area contributed by atoms with Gasteiger partial charge in [0.25, 0.3) is 5.56 Å². The quantitative estimate of drug-likeness (QED) is 0.425. The minimum absolute atomic E-state index is 0.263. The Morgan fingerprint density at radius 3 is 2.51 bits per heavy atom. The number of halogens is 2. The average molecular weight is 531 g/mol. The number of carbonyl (C=O) groups is 1. The number of rotatable bonds is 6. The molecule has 0 radical (unpaired) electrons. The van der Waals surface area contributed by atoms with E-state index in [9.17, 15) is 9.59 Å². The smallest absolute Gasteiger partial charge is 0.338 e. The van der Waals surface area contributed by atoms with Gasteiger partial charge in [0.05, 0.1) is 44.6 Å². The molecular weight excluding hydrogens is 507 g/mol. The molecule has 2 heterocycles. The molecule has 0 N–H and O–H groups in total. The lowest BCUT2D eigenvalue weighted by Crippen LogP contribution is -2.40. The summed E-state index contributed by atoms with van der Waals surface area (Å²) in [5.74, 6) is 0.203. The van der Waals surface area contributed by atoms with Crippen LogP contribution in [0.1, 0.15) is 44.9 Å². The highest BCUT2D eigenvalue weighted by Crippen LogP contribution is 2.32. The van der Waals surface area contributed by atoms with Crippen LogP contribution in [0.25, 0.3) is 6.08 Å². The maximum atomic E-state index is 13.6. The third-order valence-corrected chi connectivity index (χ3v) is 7.05. The van der Waals surface area contributed by atoms with Crippen molar-refractivity contribution in [2.24, 2.45) is 4.99 Å². The van der Waals surface area contributed by atoms with Crippen molar-refractivity contribution in [1.29, 1.82) is 0 Å². The van der Waals surface area contributed by atoms with Gasteiger partial charge in [0.1, 0.15) is 5.75 Å². The number of ether oxygens (including phenoxy) is 2. The van der Waals surface area contributed by atoms with Crippen LogP contribution in [-0.2, 0) is 9.53 Å². The molecule has 1 atom stereocenters. The van der Waals surface area contributed by atoms with Gasteiger partial charge >= 0.3 is 5.97 Å². The number of carbonyl (C=O) groups excluding carboxylic acids is 1. The summed E-state index contributed by atoms with van der Waals surface area (Å²) in [5, 5.41) is 0.833. The minimum Gasteiger partial charge on any atom is -0.494 e. The van der Waals surface area contributed by atoms with Gasteiger partial charge in [-0.25, -0.2) is 9.79 Å². The summed E-state index contributed by atoms with van der Waals surface area (Å²) >= 11 is 13.4. The zero-order chi connectivity index (χ0) is 25.3.